The van der Waals surface area contributed by atoms with Crippen LogP contribution in [0.1, 0.15) is 68.6 Å². The molecule has 2 fully saturated rings. The molecule has 1 aromatic carbocycles. The Hall–Kier alpha value is -2.28. The molecule has 1 saturated carbocycles. The van der Waals surface area contributed by atoms with Gasteiger partial charge in [-0.3, -0.25) is 4.79 Å². The lowest BCUT2D eigenvalue weighted by molar-refractivity contribution is 0.0691. The molecule has 1 saturated heterocycles. The van der Waals surface area contributed by atoms with Gasteiger partial charge in [0.05, 0.1) is 11.4 Å². The molecule has 1 amide bonds. The summed E-state index contributed by atoms with van der Waals surface area (Å²) in [6.45, 7) is 5.08. The predicted molar refractivity (Wildman–Crippen MR) is 122 cm³/mol. The minimum absolute atomic E-state index is 0.0139. The van der Waals surface area contributed by atoms with Crippen molar-refractivity contribution in [3.05, 3.63) is 52.0 Å². The molecular formula is C24H26BrFN4O. The fourth-order valence-electron chi connectivity index (χ4n) is 4.51. The standard InChI is InChI=1S/C24H26BrFN4O/c1-15-6-4-3-5-11-29(15)23(31)20-13-21(24(2)9-10-24)30-22(27-20)14-19(28-30)17-8-7-16(25)12-18(17)26/h7-8,12-15H,3-6,9-11H2,1-2H3/t15-/m1/s1. The van der Waals surface area contributed by atoms with Gasteiger partial charge < -0.3 is 4.90 Å². The third-order valence-corrected chi connectivity index (χ3v) is 7.28. The molecule has 2 aromatic heterocycles. The van der Waals surface area contributed by atoms with Crippen LogP contribution >= 0.6 is 15.9 Å². The molecule has 1 atom stereocenters. The summed E-state index contributed by atoms with van der Waals surface area (Å²) in [5.41, 5.74) is 2.96. The number of fused-ring (bicyclic) bond motifs is 1. The van der Waals surface area contributed by atoms with Crippen LogP contribution in [0.2, 0.25) is 0 Å². The Balaban J connectivity index is 1.61. The SMILES string of the molecule is C[C@@H]1CCCCCN1C(=O)c1cc(C2(C)CC2)n2nc(-c3ccc(Br)cc3F)cc2n1. The first kappa shape index (κ1) is 20.6. The van der Waals surface area contributed by atoms with Gasteiger partial charge in [0.1, 0.15) is 11.5 Å². The van der Waals surface area contributed by atoms with Gasteiger partial charge in [-0.2, -0.15) is 5.10 Å². The van der Waals surface area contributed by atoms with Gasteiger partial charge in [-0.15, -0.1) is 0 Å². The second kappa shape index (κ2) is 7.69. The Labute approximate surface area is 189 Å². The van der Waals surface area contributed by atoms with Crippen molar-refractivity contribution in [2.24, 2.45) is 0 Å². The van der Waals surface area contributed by atoms with Crippen LogP contribution in [-0.4, -0.2) is 38.0 Å². The van der Waals surface area contributed by atoms with Gasteiger partial charge in [0, 0.05) is 34.1 Å². The highest BCUT2D eigenvalue weighted by Gasteiger charge is 2.42. The molecule has 3 aromatic rings. The van der Waals surface area contributed by atoms with Crippen LogP contribution in [0.5, 0.6) is 0 Å². The van der Waals surface area contributed by atoms with E-state index in [1.807, 2.05) is 11.0 Å². The third kappa shape index (κ3) is 3.77. The number of amides is 1. The average Bonchev–Trinajstić information content (AvgIpc) is 3.40. The number of halogens is 2. The maximum atomic E-state index is 14.6. The monoisotopic (exact) mass is 484 g/mol. The molecule has 0 radical (unpaired) electrons. The Morgan fingerprint density at radius 3 is 2.74 bits per heavy atom. The quantitative estimate of drug-likeness (QED) is 0.475. The zero-order valence-electron chi connectivity index (χ0n) is 17.9. The largest absolute Gasteiger partial charge is 0.335 e. The Morgan fingerprint density at radius 1 is 1.19 bits per heavy atom. The van der Waals surface area contributed by atoms with Crippen LogP contribution in [0.15, 0.2) is 34.8 Å². The lowest BCUT2D eigenvalue weighted by Crippen LogP contribution is -2.39. The number of rotatable bonds is 3. The normalized spacial score (nSPS) is 20.6. The van der Waals surface area contributed by atoms with E-state index in [4.69, 9.17) is 5.10 Å². The van der Waals surface area contributed by atoms with Crippen LogP contribution in [0.25, 0.3) is 16.9 Å². The smallest absolute Gasteiger partial charge is 0.272 e. The van der Waals surface area contributed by atoms with E-state index in [0.717, 1.165) is 50.8 Å². The van der Waals surface area contributed by atoms with Crippen molar-refractivity contribution in [1.29, 1.82) is 0 Å². The van der Waals surface area contributed by atoms with Gasteiger partial charge in [-0.05, 0) is 56.9 Å². The molecule has 5 rings (SSSR count). The number of hydrogen-bond donors (Lipinski definition) is 0. The number of carbonyl (C=O) groups excluding carboxylic acids is 1. The lowest BCUT2D eigenvalue weighted by Gasteiger charge is -2.27. The summed E-state index contributed by atoms with van der Waals surface area (Å²) in [5, 5.41) is 4.70. The maximum Gasteiger partial charge on any atom is 0.272 e. The van der Waals surface area contributed by atoms with E-state index in [0.29, 0.717) is 27.1 Å². The van der Waals surface area contributed by atoms with Crippen molar-refractivity contribution in [1.82, 2.24) is 19.5 Å². The molecular weight excluding hydrogens is 459 g/mol. The zero-order valence-corrected chi connectivity index (χ0v) is 19.5. The first-order chi connectivity index (χ1) is 14.9. The summed E-state index contributed by atoms with van der Waals surface area (Å²) >= 11 is 3.30. The van der Waals surface area contributed by atoms with E-state index in [1.54, 1.807) is 22.7 Å². The second-order valence-corrected chi connectivity index (χ2v) is 10.1. The number of hydrogen-bond acceptors (Lipinski definition) is 3. The molecule has 0 spiro atoms. The second-order valence-electron chi connectivity index (χ2n) is 9.21. The number of nitrogens with zero attached hydrogens (tertiary/aromatic N) is 4. The van der Waals surface area contributed by atoms with Gasteiger partial charge in [-0.25, -0.2) is 13.9 Å². The molecule has 5 nitrogen and oxygen atoms in total. The summed E-state index contributed by atoms with van der Waals surface area (Å²) in [7, 11) is 0. The molecule has 31 heavy (non-hydrogen) atoms. The molecule has 0 N–H and O–H groups in total. The summed E-state index contributed by atoms with van der Waals surface area (Å²) < 4.78 is 17.1. The van der Waals surface area contributed by atoms with Crippen molar-refractivity contribution in [3.8, 4) is 11.3 Å². The fourth-order valence-corrected chi connectivity index (χ4v) is 4.84. The van der Waals surface area contributed by atoms with E-state index < -0.39 is 0 Å². The number of benzene rings is 1. The number of carbonyl (C=O) groups is 1. The first-order valence-electron chi connectivity index (χ1n) is 11.0. The molecule has 7 heteroatoms. The summed E-state index contributed by atoms with van der Waals surface area (Å²) in [6, 6.07) is 8.86. The van der Waals surface area contributed by atoms with E-state index in [1.165, 1.54) is 6.07 Å². The van der Waals surface area contributed by atoms with E-state index in [2.05, 4.69) is 34.8 Å². The topological polar surface area (TPSA) is 50.5 Å². The Morgan fingerprint density at radius 2 is 2.00 bits per heavy atom. The predicted octanol–water partition coefficient (Wildman–Crippen LogP) is 5.75. The minimum atomic E-state index is -0.341. The van der Waals surface area contributed by atoms with Crippen molar-refractivity contribution < 1.29 is 9.18 Å². The third-order valence-electron chi connectivity index (χ3n) is 6.79. The number of aromatic nitrogens is 3. The fraction of sp³-hybridized carbons (Fsp3) is 0.458. The molecule has 0 bridgehead atoms. The summed E-state index contributed by atoms with van der Waals surface area (Å²) in [5.74, 6) is -0.355. The van der Waals surface area contributed by atoms with Crippen LogP contribution in [0.4, 0.5) is 4.39 Å². The van der Waals surface area contributed by atoms with Crippen molar-refractivity contribution in [3.63, 3.8) is 0 Å². The van der Waals surface area contributed by atoms with Gasteiger partial charge in [0.2, 0.25) is 0 Å². The van der Waals surface area contributed by atoms with Crippen molar-refractivity contribution >= 4 is 27.5 Å². The summed E-state index contributed by atoms with van der Waals surface area (Å²) in [6.07, 6.45) is 6.46. The Bertz CT molecular complexity index is 1170. The molecule has 0 unspecified atom stereocenters. The number of likely N-dealkylation sites (tertiary alicyclic amines) is 1. The van der Waals surface area contributed by atoms with Crippen molar-refractivity contribution in [2.75, 3.05) is 6.54 Å². The van der Waals surface area contributed by atoms with Crippen LogP contribution < -0.4 is 0 Å². The molecule has 162 valence electrons. The lowest BCUT2D eigenvalue weighted by atomic mass is 10.0. The van der Waals surface area contributed by atoms with Gasteiger partial charge >= 0.3 is 0 Å². The van der Waals surface area contributed by atoms with E-state index in [9.17, 15) is 9.18 Å². The first-order valence-corrected chi connectivity index (χ1v) is 11.8. The molecule has 2 aliphatic rings. The highest BCUT2D eigenvalue weighted by atomic mass is 79.9. The van der Waals surface area contributed by atoms with E-state index >= 15 is 0 Å². The van der Waals surface area contributed by atoms with Crippen LogP contribution in [0.3, 0.4) is 0 Å². The minimum Gasteiger partial charge on any atom is -0.335 e. The highest BCUT2D eigenvalue weighted by Crippen LogP contribution is 2.47. The Kier molecular flexibility index (Phi) is 5.12. The van der Waals surface area contributed by atoms with Crippen molar-refractivity contribution in [2.45, 2.75) is 63.8 Å². The summed E-state index contributed by atoms with van der Waals surface area (Å²) in [4.78, 5) is 20.1. The average molecular weight is 485 g/mol. The van der Waals surface area contributed by atoms with Gasteiger partial charge in [-0.1, -0.05) is 35.7 Å². The van der Waals surface area contributed by atoms with E-state index in [-0.39, 0.29) is 23.2 Å². The van der Waals surface area contributed by atoms with Crippen LogP contribution in [0, 0.1) is 5.82 Å². The molecule has 1 aliphatic heterocycles. The highest BCUT2D eigenvalue weighted by molar-refractivity contribution is 9.10. The van der Waals surface area contributed by atoms with Crippen LogP contribution in [-0.2, 0) is 5.41 Å². The maximum absolute atomic E-state index is 14.6. The molecule has 3 heterocycles. The zero-order chi connectivity index (χ0) is 21.8. The molecule has 1 aliphatic carbocycles. The van der Waals surface area contributed by atoms with Gasteiger partial charge in [0.25, 0.3) is 5.91 Å². The van der Waals surface area contributed by atoms with Gasteiger partial charge in [0.15, 0.2) is 5.65 Å².